The molecule has 8 nitrogen and oxygen atoms in total. The first-order valence-corrected chi connectivity index (χ1v) is 11.4. The normalized spacial score (nSPS) is 17.8. The van der Waals surface area contributed by atoms with E-state index in [1.807, 2.05) is 46.7 Å². The maximum Gasteiger partial charge on any atom is 0.253 e. The minimum atomic E-state index is 0.0888. The molecule has 4 heterocycles. The van der Waals surface area contributed by atoms with Crippen LogP contribution in [0.25, 0.3) is 10.7 Å². The molecule has 2 aliphatic rings. The van der Waals surface area contributed by atoms with Gasteiger partial charge in [0.25, 0.3) is 5.91 Å². The van der Waals surface area contributed by atoms with Gasteiger partial charge >= 0.3 is 0 Å². The summed E-state index contributed by atoms with van der Waals surface area (Å²) < 4.78 is 10.8. The van der Waals surface area contributed by atoms with Crippen LogP contribution in [0, 0.1) is 0 Å². The van der Waals surface area contributed by atoms with Crippen molar-refractivity contribution >= 4 is 22.9 Å². The average molecular weight is 440 g/mol. The Balaban J connectivity index is 1.13. The van der Waals surface area contributed by atoms with Crippen molar-refractivity contribution in [2.75, 3.05) is 57.4 Å². The van der Waals surface area contributed by atoms with Gasteiger partial charge in [-0.05, 0) is 35.7 Å². The van der Waals surface area contributed by atoms with Crippen LogP contribution >= 0.6 is 11.3 Å². The highest BCUT2D eigenvalue weighted by Crippen LogP contribution is 2.22. The minimum absolute atomic E-state index is 0.0888. The van der Waals surface area contributed by atoms with Gasteiger partial charge in [-0.1, -0.05) is 11.2 Å². The van der Waals surface area contributed by atoms with Crippen molar-refractivity contribution in [3.8, 4) is 10.7 Å². The predicted molar refractivity (Wildman–Crippen MR) is 118 cm³/mol. The van der Waals surface area contributed by atoms with Gasteiger partial charge in [-0.25, -0.2) is 0 Å². The van der Waals surface area contributed by atoms with Gasteiger partial charge in [0, 0.05) is 50.5 Å². The summed E-state index contributed by atoms with van der Waals surface area (Å²) in [6.07, 6.45) is 0. The second-order valence-electron chi connectivity index (χ2n) is 7.70. The molecule has 0 saturated carbocycles. The highest BCUT2D eigenvalue weighted by Gasteiger charge is 2.24. The number of hydrogen-bond acceptors (Lipinski definition) is 8. The van der Waals surface area contributed by atoms with Gasteiger partial charge in [-0.15, -0.1) is 11.3 Å². The van der Waals surface area contributed by atoms with Gasteiger partial charge < -0.3 is 19.1 Å². The number of morpholine rings is 1. The van der Waals surface area contributed by atoms with E-state index in [0.717, 1.165) is 55.5 Å². The van der Waals surface area contributed by atoms with E-state index in [2.05, 4.69) is 19.9 Å². The summed E-state index contributed by atoms with van der Waals surface area (Å²) in [6, 6.07) is 11.9. The van der Waals surface area contributed by atoms with E-state index in [4.69, 9.17) is 9.26 Å². The van der Waals surface area contributed by atoms with Crippen molar-refractivity contribution in [1.29, 1.82) is 0 Å². The highest BCUT2D eigenvalue weighted by atomic mass is 32.1. The Morgan fingerprint density at radius 3 is 2.48 bits per heavy atom. The smallest absolute Gasteiger partial charge is 0.253 e. The molecule has 0 spiro atoms. The first kappa shape index (κ1) is 20.2. The number of aromatic nitrogens is 2. The maximum absolute atomic E-state index is 12.9. The number of carbonyl (C=O) groups excluding carboxylic acids is 1. The summed E-state index contributed by atoms with van der Waals surface area (Å²) in [5.74, 6) is 1.34. The zero-order valence-electron chi connectivity index (χ0n) is 17.3. The molecule has 0 aliphatic carbocycles. The van der Waals surface area contributed by atoms with E-state index in [0.29, 0.717) is 31.3 Å². The largest absolute Gasteiger partial charge is 0.378 e. The SMILES string of the molecule is O=C(c1ccc(N2CCOCC2)cc1)N1CCN(Cc2nc(-c3cccs3)no2)CC1. The second-order valence-corrected chi connectivity index (χ2v) is 8.65. The molecule has 2 saturated heterocycles. The van der Waals surface area contributed by atoms with E-state index in [1.54, 1.807) is 11.3 Å². The number of hydrogen-bond donors (Lipinski definition) is 0. The number of rotatable bonds is 5. The van der Waals surface area contributed by atoms with Crippen LogP contribution in [-0.2, 0) is 11.3 Å². The van der Waals surface area contributed by atoms with E-state index in [1.165, 1.54) is 0 Å². The molecule has 0 bridgehead atoms. The fraction of sp³-hybridized carbons (Fsp3) is 0.409. The van der Waals surface area contributed by atoms with Crippen molar-refractivity contribution in [2.45, 2.75) is 6.54 Å². The van der Waals surface area contributed by atoms with E-state index in [9.17, 15) is 4.79 Å². The Labute approximate surface area is 185 Å². The van der Waals surface area contributed by atoms with Crippen molar-refractivity contribution in [3.63, 3.8) is 0 Å². The van der Waals surface area contributed by atoms with E-state index >= 15 is 0 Å². The molecule has 0 atom stereocenters. The van der Waals surface area contributed by atoms with Gasteiger partial charge in [0.15, 0.2) is 0 Å². The summed E-state index contributed by atoms with van der Waals surface area (Å²) in [5.41, 5.74) is 1.88. The number of thiophene rings is 1. The molecule has 0 N–H and O–H groups in total. The second kappa shape index (κ2) is 9.17. The van der Waals surface area contributed by atoms with Crippen LogP contribution in [0.1, 0.15) is 16.2 Å². The van der Waals surface area contributed by atoms with Gasteiger partial charge in [-0.2, -0.15) is 4.98 Å². The molecule has 2 aromatic heterocycles. The van der Waals surface area contributed by atoms with Crippen LogP contribution in [0.3, 0.4) is 0 Å². The number of ether oxygens (including phenoxy) is 1. The Bertz CT molecular complexity index is 991. The molecule has 1 aromatic carbocycles. The fourth-order valence-electron chi connectivity index (χ4n) is 3.94. The zero-order chi connectivity index (χ0) is 21.0. The van der Waals surface area contributed by atoms with Crippen LogP contribution < -0.4 is 4.90 Å². The third-order valence-electron chi connectivity index (χ3n) is 5.72. The van der Waals surface area contributed by atoms with Crippen molar-refractivity contribution in [2.24, 2.45) is 0 Å². The Morgan fingerprint density at radius 1 is 1.00 bits per heavy atom. The molecular weight excluding hydrogens is 414 g/mol. The summed E-state index contributed by atoms with van der Waals surface area (Å²) >= 11 is 1.59. The van der Waals surface area contributed by atoms with Crippen LogP contribution in [0.4, 0.5) is 5.69 Å². The van der Waals surface area contributed by atoms with Crippen LogP contribution in [0.5, 0.6) is 0 Å². The van der Waals surface area contributed by atoms with Crippen molar-refractivity contribution in [1.82, 2.24) is 19.9 Å². The summed E-state index contributed by atoms with van der Waals surface area (Å²) in [6.45, 7) is 6.85. The molecule has 31 heavy (non-hydrogen) atoms. The monoisotopic (exact) mass is 439 g/mol. The molecule has 1 amide bonds. The van der Waals surface area contributed by atoms with E-state index in [-0.39, 0.29) is 5.91 Å². The number of carbonyl (C=O) groups is 1. The van der Waals surface area contributed by atoms with Crippen LogP contribution in [-0.4, -0.2) is 78.3 Å². The Hall–Kier alpha value is -2.75. The minimum Gasteiger partial charge on any atom is -0.378 e. The van der Waals surface area contributed by atoms with Gasteiger partial charge in [0.2, 0.25) is 11.7 Å². The molecule has 2 aliphatic heterocycles. The molecule has 9 heteroatoms. The van der Waals surface area contributed by atoms with Gasteiger partial charge in [0.1, 0.15) is 0 Å². The van der Waals surface area contributed by atoms with E-state index < -0.39 is 0 Å². The molecule has 5 rings (SSSR count). The average Bonchev–Trinajstić information content (AvgIpc) is 3.52. The fourth-order valence-corrected chi connectivity index (χ4v) is 4.59. The molecule has 0 unspecified atom stereocenters. The number of amides is 1. The molecule has 2 fully saturated rings. The molecule has 3 aromatic rings. The standard InChI is InChI=1S/C22H25N5O3S/c28-22(17-3-5-18(6-4-17)26-11-13-29-14-12-26)27-9-7-25(8-10-27)16-20-23-21(24-30-20)19-2-1-15-31-19/h1-6,15H,7-14,16H2. The number of benzene rings is 1. The predicted octanol–water partition coefficient (Wildman–Crippen LogP) is 2.59. The zero-order valence-corrected chi connectivity index (χ0v) is 18.1. The summed E-state index contributed by atoms with van der Waals surface area (Å²) in [4.78, 5) is 24.9. The van der Waals surface area contributed by atoms with Gasteiger partial charge in [-0.3, -0.25) is 9.69 Å². The van der Waals surface area contributed by atoms with Gasteiger partial charge in [0.05, 0.1) is 24.6 Å². The number of piperazine rings is 1. The lowest BCUT2D eigenvalue weighted by Crippen LogP contribution is -2.48. The highest BCUT2D eigenvalue weighted by molar-refractivity contribution is 7.13. The molecule has 0 radical (unpaired) electrons. The first-order valence-electron chi connectivity index (χ1n) is 10.6. The number of nitrogens with zero attached hydrogens (tertiary/aromatic N) is 5. The molecule has 162 valence electrons. The summed E-state index contributed by atoms with van der Waals surface area (Å²) in [5, 5.41) is 6.07. The quantitative estimate of drug-likeness (QED) is 0.605. The van der Waals surface area contributed by atoms with Crippen molar-refractivity contribution in [3.05, 3.63) is 53.2 Å². The lowest BCUT2D eigenvalue weighted by molar-refractivity contribution is 0.0615. The van der Waals surface area contributed by atoms with Crippen LogP contribution in [0.15, 0.2) is 46.3 Å². The molecular formula is C22H25N5O3S. The third kappa shape index (κ3) is 4.63. The number of anilines is 1. The maximum atomic E-state index is 12.9. The summed E-state index contributed by atoms with van der Waals surface area (Å²) in [7, 11) is 0. The third-order valence-corrected chi connectivity index (χ3v) is 6.58. The Morgan fingerprint density at radius 2 is 1.77 bits per heavy atom. The lowest BCUT2D eigenvalue weighted by atomic mass is 10.1. The topological polar surface area (TPSA) is 74.9 Å². The lowest BCUT2D eigenvalue weighted by Gasteiger charge is -2.34. The Kier molecular flexibility index (Phi) is 5.97. The van der Waals surface area contributed by atoms with Crippen molar-refractivity contribution < 1.29 is 14.1 Å². The first-order chi connectivity index (χ1) is 15.3. The van der Waals surface area contributed by atoms with Crippen LogP contribution in [0.2, 0.25) is 0 Å².